The number of nitrogens with one attached hydrogen (secondary N) is 2. The molecule has 0 saturated carbocycles. The predicted octanol–water partition coefficient (Wildman–Crippen LogP) is 5.57. The van der Waals surface area contributed by atoms with Crippen molar-refractivity contribution in [3.05, 3.63) is 122 Å². The molecule has 218 valence electrons. The Morgan fingerprint density at radius 3 is 2.57 bits per heavy atom. The smallest absolute Gasteiger partial charge is 0.254 e. The average molecular weight is 603 g/mol. The van der Waals surface area contributed by atoms with Gasteiger partial charge in [-0.25, -0.2) is 4.98 Å². The normalized spacial score (nSPS) is 16.3. The second-order valence-electron chi connectivity index (χ2n) is 10.7. The van der Waals surface area contributed by atoms with Crippen LogP contribution in [0.15, 0.2) is 84.2 Å². The van der Waals surface area contributed by atoms with Gasteiger partial charge in [0.1, 0.15) is 5.01 Å². The number of aliphatic hydroxyl groups is 1. The molecule has 9 heteroatoms. The van der Waals surface area contributed by atoms with Crippen molar-refractivity contribution < 1.29 is 14.7 Å². The average Bonchev–Trinajstić information content (AvgIpc) is 3.66. The second-order valence-corrected chi connectivity index (χ2v) is 12.0. The van der Waals surface area contributed by atoms with E-state index in [1.807, 2.05) is 71.8 Å². The number of aromatic nitrogens is 1. The molecule has 1 unspecified atom stereocenters. The van der Waals surface area contributed by atoms with Gasteiger partial charge in [0.05, 0.1) is 18.2 Å². The van der Waals surface area contributed by atoms with Crippen LogP contribution in [0.1, 0.15) is 61.4 Å². The van der Waals surface area contributed by atoms with Crippen molar-refractivity contribution in [1.29, 1.82) is 0 Å². The van der Waals surface area contributed by atoms with Gasteiger partial charge in [-0.3, -0.25) is 9.59 Å². The Morgan fingerprint density at radius 2 is 1.81 bits per heavy atom. The van der Waals surface area contributed by atoms with Crippen molar-refractivity contribution in [2.75, 3.05) is 13.1 Å². The van der Waals surface area contributed by atoms with Crippen LogP contribution in [0.5, 0.6) is 0 Å². The Labute approximate surface area is 255 Å². The molecule has 1 aliphatic heterocycles. The van der Waals surface area contributed by atoms with Crippen molar-refractivity contribution in [2.24, 2.45) is 0 Å². The molecule has 42 heavy (non-hydrogen) atoms. The minimum atomic E-state index is -0.856. The minimum Gasteiger partial charge on any atom is -0.390 e. The number of aryl methyl sites for hydroxylation is 1. The van der Waals surface area contributed by atoms with Gasteiger partial charge in [-0.1, -0.05) is 60.1 Å². The van der Waals surface area contributed by atoms with Crippen molar-refractivity contribution in [2.45, 2.75) is 50.9 Å². The maximum Gasteiger partial charge on any atom is 0.254 e. The fourth-order valence-corrected chi connectivity index (χ4v) is 6.46. The van der Waals surface area contributed by atoms with E-state index in [9.17, 15) is 14.7 Å². The van der Waals surface area contributed by atoms with E-state index in [1.165, 1.54) is 0 Å². The van der Waals surface area contributed by atoms with E-state index < -0.39 is 12.1 Å². The first kappa shape index (κ1) is 29.9. The quantitative estimate of drug-likeness (QED) is 0.209. The summed E-state index contributed by atoms with van der Waals surface area (Å²) in [6, 6.07) is 23.5. The highest BCUT2D eigenvalue weighted by molar-refractivity contribution is 7.09. The second kappa shape index (κ2) is 14.1. The highest BCUT2D eigenvalue weighted by Crippen LogP contribution is 2.34. The van der Waals surface area contributed by atoms with E-state index in [0.29, 0.717) is 35.7 Å². The van der Waals surface area contributed by atoms with E-state index >= 15 is 0 Å². The summed E-state index contributed by atoms with van der Waals surface area (Å²) in [4.78, 5) is 33.5. The van der Waals surface area contributed by atoms with E-state index in [2.05, 4.69) is 15.6 Å². The Bertz CT molecular complexity index is 1510. The lowest BCUT2D eigenvalue weighted by Gasteiger charge is -2.25. The monoisotopic (exact) mass is 602 g/mol. The van der Waals surface area contributed by atoms with Crippen molar-refractivity contribution in [3.63, 3.8) is 0 Å². The summed E-state index contributed by atoms with van der Waals surface area (Å²) in [5, 5.41) is 21.1. The number of thiazole rings is 1. The first-order valence-electron chi connectivity index (χ1n) is 14.2. The molecule has 3 N–H and O–H groups in total. The Balaban J connectivity index is 1.27. The number of hydrogen-bond donors (Lipinski definition) is 3. The van der Waals surface area contributed by atoms with Crippen LogP contribution in [0.2, 0.25) is 5.02 Å². The van der Waals surface area contributed by atoms with E-state index in [-0.39, 0.29) is 24.4 Å². The molecular weight excluding hydrogens is 568 g/mol. The molecule has 1 fully saturated rings. The summed E-state index contributed by atoms with van der Waals surface area (Å²) in [5.41, 5.74) is 3.80. The number of benzene rings is 3. The first-order valence-corrected chi connectivity index (χ1v) is 15.4. The van der Waals surface area contributed by atoms with Crippen LogP contribution in [0.25, 0.3) is 0 Å². The summed E-state index contributed by atoms with van der Waals surface area (Å²) >= 11 is 7.68. The van der Waals surface area contributed by atoms with Crippen molar-refractivity contribution in [1.82, 2.24) is 20.5 Å². The third kappa shape index (κ3) is 7.63. The number of carbonyl (C=O) groups excluding carboxylic acids is 2. The van der Waals surface area contributed by atoms with Crippen LogP contribution in [0, 0.1) is 6.92 Å². The number of aliphatic hydroxyl groups excluding tert-OH is 1. The van der Waals surface area contributed by atoms with Gasteiger partial charge in [-0.2, -0.15) is 0 Å². The van der Waals surface area contributed by atoms with E-state index in [4.69, 9.17) is 11.6 Å². The van der Waals surface area contributed by atoms with Crippen LogP contribution in [0.3, 0.4) is 0 Å². The van der Waals surface area contributed by atoms with Gasteiger partial charge in [-0.05, 0) is 67.6 Å². The summed E-state index contributed by atoms with van der Waals surface area (Å²) < 4.78 is 0. The third-order valence-corrected chi connectivity index (χ3v) is 8.76. The van der Waals surface area contributed by atoms with Crippen molar-refractivity contribution in [3.8, 4) is 0 Å². The van der Waals surface area contributed by atoms with Gasteiger partial charge in [0, 0.05) is 46.9 Å². The molecule has 3 atom stereocenters. The lowest BCUT2D eigenvalue weighted by atomic mass is 10.00. The number of hydrogen-bond acceptors (Lipinski definition) is 6. The lowest BCUT2D eigenvalue weighted by molar-refractivity contribution is 0.0735. The van der Waals surface area contributed by atoms with E-state index in [0.717, 1.165) is 34.7 Å². The molecule has 3 aromatic carbocycles. The molecule has 0 spiro atoms. The molecule has 5 rings (SSSR count). The predicted molar refractivity (Wildman–Crippen MR) is 167 cm³/mol. The highest BCUT2D eigenvalue weighted by Gasteiger charge is 2.33. The highest BCUT2D eigenvalue weighted by atomic mass is 35.5. The van der Waals surface area contributed by atoms with Gasteiger partial charge in [0.15, 0.2) is 0 Å². The Kier molecular flexibility index (Phi) is 10.0. The zero-order valence-corrected chi connectivity index (χ0v) is 25.1. The lowest BCUT2D eigenvalue weighted by Crippen LogP contribution is -2.48. The molecule has 7 nitrogen and oxygen atoms in total. The largest absolute Gasteiger partial charge is 0.390 e. The molecule has 0 bridgehead atoms. The standard InChI is InChI=1S/C33H35ClN4O3S/c1-22-21-42-32(36-22)29-14-7-15-38(29)33(41)26-12-6-11-25(18-26)31(40)37-28(17-23-8-3-2-4-9-23)30(39)20-35-19-24-10-5-13-27(34)16-24/h2-6,8-13,16,18,21,28-30,35,39H,7,14-15,17,19-20H2,1H3,(H,37,40)/t28-,29?,30+/m0/s1. The first-order chi connectivity index (χ1) is 20.4. The molecule has 1 aliphatic rings. The molecule has 1 saturated heterocycles. The maximum absolute atomic E-state index is 13.6. The zero-order valence-electron chi connectivity index (χ0n) is 23.5. The Hall–Kier alpha value is -3.56. The number of likely N-dealkylation sites (tertiary alicyclic amines) is 1. The Morgan fingerprint density at radius 1 is 1.05 bits per heavy atom. The molecule has 2 amide bonds. The number of amides is 2. The molecule has 4 aromatic rings. The van der Waals surface area contributed by atoms with Gasteiger partial charge in [-0.15, -0.1) is 11.3 Å². The molecule has 0 radical (unpaired) electrons. The number of nitrogens with zero attached hydrogens (tertiary/aromatic N) is 2. The topological polar surface area (TPSA) is 94.6 Å². The van der Waals surface area contributed by atoms with Crippen LogP contribution < -0.4 is 10.6 Å². The fourth-order valence-electron chi connectivity index (χ4n) is 5.31. The van der Waals surface area contributed by atoms with Crippen LogP contribution >= 0.6 is 22.9 Å². The van der Waals surface area contributed by atoms with Gasteiger partial charge >= 0.3 is 0 Å². The number of halogens is 1. The molecular formula is C33H35ClN4O3S. The van der Waals surface area contributed by atoms with Crippen LogP contribution in [-0.4, -0.2) is 52.0 Å². The minimum absolute atomic E-state index is 0.0431. The summed E-state index contributed by atoms with van der Waals surface area (Å²) in [5.74, 6) is -0.445. The molecule has 2 heterocycles. The maximum atomic E-state index is 13.6. The number of rotatable bonds is 11. The van der Waals surface area contributed by atoms with Crippen molar-refractivity contribution >= 4 is 34.8 Å². The summed E-state index contributed by atoms with van der Waals surface area (Å²) in [6.07, 6.45) is 1.39. The molecule has 1 aromatic heterocycles. The fraction of sp³-hybridized carbons (Fsp3) is 0.303. The summed E-state index contributed by atoms with van der Waals surface area (Å²) in [6.45, 7) is 3.42. The van der Waals surface area contributed by atoms with Crippen LogP contribution in [-0.2, 0) is 13.0 Å². The zero-order chi connectivity index (χ0) is 29.5. The molecule has 0 aliphatic carbocycles. The van der Waals surface area contributed by atoms with Gasteiger partial charge in [0.25, 0.3) is 11.8 Å². The summed E-state index contributed by atoms with van der Waals surface area (Å²) in [7, 11) is 0. The van der Waals surface area contributed by atoms with Gasteiger partial charge < -0.3 is 20.6 Å². The van der Waals surface area contributed by atoms with Gasteiger partial charge in [0.2, 0.25) is 0 Å². The number of carbonyl (C=O) groups is 2. The SMILES string of the molecule is Cc1csc(C2CCCN2C(=O)c2cccc(C(=O)N[C@@H](Cc3ccccc3)[C@H](O)CNCc3cccc(Cl)c3)c2)n1. The van der Waals surface area contributed by atoms with Crippen LogP contribution in [0.4, 0.5) is 0 Å². The van der Waals surface area contributed by atoms with E-state index in [1.54, 1.807) is 35.6 Å². The third-order valence-electron chi connectivity index (χ3n) is 7.46.